The molecule has 0 aromatic heterocycles. The van der Waals surface area contributed by atoms with Crippen molar-refractivity contribution in [2.45, 2.75) is 20.3 Å². The Kier molecular flexibility index (Phi) is 19.4. The second kappa shape index (κ2) is 24.6. The highest BCUT2D eigenvalue weighted by molar-refractivity contribution is 5.82. The predicted molar refractivity (Wildman–Crippen MR) is 191 cm³/mol. The summed E-state index contributed by atoms with van der Waals surface area (Å²) in [6, 6.07) is 73.5. The Bertz CT molecular complexity index is 1250. The van der Waals surface area contributed by atoms with Crippen LogP contribution >= 0.6 is 0 Å². The maximum absolute atomic E-state index is 2.12. The zero-order valence-electron chi connectivity index (χ0n) is 25.5. The predicted octanol–water partition coefficient (Wildman–Crippen LogP) is 12.7. The molecule has 0 unspecified atom stereocenters. The van der Waals surface area contributed by atoms with Crippen molar-refractivity contribution in [3.8, 4) is 11.1 Å². The molecule has 0 saturated heterocycles. The fourth-order valence-corrected chi connectivity index (χ4v) is 3.55. The van der Waals surface area contributed by atoms with Crippen molar-refractivity contribution < 1.29 is 0 Å². The van der Waals surface area contributed by atoms with Gasteiger partial charge >= 0.3 is 0 Å². The molecule has 0 N–H and O–H groups in total. The highest BCUT2D eigenvalue weighted by Gasteiger charge is 1.91. The first-order valence-corrected chi connectivity index (χ1v) is 14.9. The van der Waals surface area contributed by atoms with Crippen molar-refractivity contribution in [2.24, 2.45) is 0 Å². The summed E-state index contributed by atoms with van der Waals surface area (Å²) < 4.78 is 0. The van der Waals surface area contributed by atoms with E-state index in [-0.39, 0.29) is 0 Å². The van der Waals surface area contributed by atoms with Crippen molar-refractivity contribution in [1.82, 2.24) is 0 Å². The average molecular weight is 561 g/mol. The van der Waals surface area contributed by atoms with E-state index in [2.05, 4.69) is 111 Å². The fourth-order valence-electron chi connectivity index (χ4n) is 3.55. The summed E-state index contributed by atoms with van der Waals surface area (Å²) in [6.45, 7) is 4.25. The third-order valence-electron chi connectivity index (χ3n) is 5.54. The highest BCUT2D eigenvalue weighted by atomic mass is 14.0. The van der Waals surface area contributed by atoms with Gasteiger partial charge in [-0.2, -0.15) is 0 Å². The fraction of sp³-hybridized carbons (Fsp3) is 0.0698. The van der Waals surface area contributed by atoms with Crippen LogP contribution in [-0.4, -0.2) is 0 Å². The van der Waals surface area contributed by atoms with Gasteiger partial charge in [0, 0.05) is 0 Å². The number of benzene rings is 7. The molecule has 43 heavy (non-hydrogen) atoms. The van der Waals surface area contributed by atoms with Gasteiger partial charge in [-0.15, -0.1) is 0 Å². The Morgan fingerprint density at radius 3 is 0.558 bits per heavy atom. The number of rotatable bonds is 1. The summed E-state index contributed by atoms with van der Waals surface area (Å²) in [5, 5.41) is 2.62. The van der Waals surface area contributed by atoms with E-state index in [9.17, 15) is 0 Å². The molecule has 0 amide bonds. The monoisotopic (exact) mass is 560 g/mol. The molecule has 0 aliphatic heterocycles. The summed E-state index contributed by atoms with van der Waals surface area (Å²) >= 11 is 0. The van der Waals surface area contributed by atoms with Crippen LogP contribution in [0.25, 0.3) is 21.9 Å². The van der Waals surface area contributed by atoms with Crippen LogP contribution in [0.1, 0.15) is 20.3 Å². The molecule has 0 heterocycles. The maximum atomic E-state index is 2.12. The van der Waals surface area contributed by atoms with E-state index in [0.29, 0.717) is 0 Å². The van der Waals surface area contributed by atoms with Crippen LogP contribution in [0, 0.1) is 0 Å². The number of hydrogen-bond acceptors (Lipinski definition) is 0. The zero-order chi connectivity index (χ0) is 30.5. The van der Waals surface area contributed by atoms with E-state index in [4.69, 9.17) is 0 Å². The Morgan fingerprint density at radius 1 is 0.233 bits per heavy atom. The second-order valence-corrected chi connectivity index (χ2v) is 9.25. The molecule has 0 bridgehead atoms. The van der Waals surface area contributed by atoms with Crippen molar-refractivity contribution in [3.05, 3.63) is 218 Å². The van der Waals surface area contributed by atoms with Crippen LogP contribution in [0.15, 0.2) is 218 Å². The lowest BCUT2D eigenvalue weighted by atomic mass is 10.1. The molecular formula is C43H44. The van der Waals surface area contributed by atoms with E-state index in [1.54, 1.807) is 0 Å². The number of fused-ring (bicyclic) bond motifs is 1. The largest absolute Gasteiger partial charge is 0.0656 e. The Hall–Kier alpha value is -5.20. The first kappa shape index (κ1) is 34.0. The summed E-state index contributed by atoms with van der Waals surface area (Å²) in [7, 11) is 0. The van der Waals surface area contributed by atoms with E-state index >= 15 is 0 Å². The summed E-state index contributed by atoms with van der Waals surface area (Å²) in [4.78, 5) is 0. The van der Waals surface area contributed by atoms with Gasteiger partial charge in [-0.3, -0.25) is 0 Å². The molecule has 0 heteroatoms. The van der Waals surface area contributed by atoms with Crippen molar-refractivity contribution >= 4 is 10.8 Å². The molecule has 7 rings (SSSR count). The van der Waals surface area contributed by atoms with Gasteiger partial charge in [-0.1, -0.05) is 239 Å². The second-order valence-electron chi connectivity index (χ2n) is 9.25. The minimum Gasteiger partial charge on any atom is -0.0656 e. The van der Waals surface area contributed by atoms with Gasteiger partial charge in [0.05, 0.1) is 0 Å². The van der Waals surface area contributed by atoms with E-state index in [1.807, 2.05) is 121 Å². The molecule has 7 aromatic rings. The molecule has 0 nitrogen and oxygen atoms in total. The number of hydrogen-bond donors (Lipinski definition) is 0. The van der Waals surface area contributed by atoms with Crippen LogP contribution in [0.5, 0.6) is 0 Å². The Labute approximate surface area is 260 Å². The molecular weight excluding hydrogens is 516 g/mol. The molecule has 0 aliphatic rings. The SMILES string of the molecule is CCC.c1ccc(-c2ccccc2)cc1.c1ccc2ccccc2c1.c1ccccc1.c1ccccc1.c1ccccc1. The molecule has 0 spiro atoms. The lowest BCUT2D eigenvalue weighted by Crippen LogP contribution is -1.73. The van der Waals surface area contributed by atoms with Crippen molar-refractivity contribution in [2.75, 3.05) is 0 Å². The van der Waals surface area contributed by atoms with Gasteiger partial charge in [0.25, 0.3) is 0 Å². The summed E-state index contributed by atoms with van der Waals surface area (Å²) in [5.41, 5.74) is 2.55. The van der Waals surface area contributed by atoms with Crippen LogP contribution in [0.3, 0.4) is 0 Å². The zero-order valence-corrected chi connectivity index (χ0v) is 25.5. The third kappa shape index (κ3) is 17.3. The first-order chi connectivity index (χ1) is 21.3. The topological polar surface area (TPSA) is 0 Å². The molecule has 0 fully saturated rings. The van der Waals surface area contributed by atoms with E-state index in [1.165, 1.54) is 28.3 Å². The third-order valence-corrected chi connectivity index (χ3v) is 5.54. The smallest absolute Gasteiger partial charge is 0.0184 e. The Balaban J connectivity index is 0.000000189. The van der Waals surface area contributed by atoms with Gasteiger partial charge in [-0.25, -0.2) is 0 Å². The molecule has 0 saturated carbocycles. The summed E-state index contributed by atoms with van der Waals surface area (Å²) in [5.74, 6) is 0. The van der Waals surface area contributed by atoms with Gasteiger partial charge < -0.3 is 0 Å². The van der Waals surface area contributed by atoms with Crippen LogP contribution in [0.2, 0.25) is 0 Å². The minimum atomic E-state index is 1.25. The molecule has 0 radical (unpaired) electrons. The molecule has 216 valence electrons. The maximum Gasteiger partial charge on any atom is -0.0184 e. The standard InChI is InChI=1S/C12H10.C10H8.3C6H6.C3H8/c1-3-7-11(8-4-1)12-9-5-2-6-10-12;1-2-6-10-8-4-3-7-9(10)5-1;3*1-2-4-6-5-3-1;1-3-2/h1-10H;1-8H;3*1-6H;3H2,1-2H3. The van der Waals surface area contributed by atoms with E-state index < -0.39 is 0 Å². The average Bonchev–Trinajstić information content (AvgIpc) is 3.13. The van der Waals surface area contributed by atoms with Crippen LogP contribution in [0.4, 0.5) is 0 Å². The van der Waals surface area contributed by atoms with Crippen LogP contribution < -0.4 is 0 Å². The summed E-state index contributed by atoms with van der Waals surface area (Å²) in [6.07, 6.45) is 1.25. The van der Waals surface area contributed by atoms with Gasteiger partial charge in [0.15, 0.2) is 0 Å². The van der Waals surface area contributed by atoms with Gasteiger partial charge in [0.2, 0.25) is 0 Å². The molecule has 0 aliphatic carbocycles. The lowest BCUT2D eigenvalue weighted by Gasteiger charge is -1.98. The first-order valence-electron chi connectivity index (χ1n) is 14.9. The molecule has 0 atom stereocenters. The quantitative estimate of drug-likeness (QED) is 0.187. The van der Waals surface area contributed by atoms with Gasteiger partial charge in [-0.05, 0) is 21.9 Å². The van der Waals surface area contributed by atoms with Crippen LogP contribution in [-0.2, 0) is 0 Å². The minimum absolute atomic E-state index is 1.25. The van der Waals surface area contributed by atoms with Crippen molar-refractivity contribution in [1.29, 1.82) is 0 Å². The van der Waals surface area contributed by atoms with Crippen molar-refractivity contribution in [3.63, 3.8) is 0 Å². The highest BCUT2D eigenvalue weighted by Crippen LogP contribution is 2.17. The normalized spacial score (nSPS) is 8.79. The Morgan fingerprint density at radius 2 is 0.372 bits per heavy atom. The lowest BCUT2D eigenvalue weighted by molar-refractivity contribution is 1.09. The molecule has 7 aromatic carbocycles. The van der Waals surface area contributed by atoms with E-state index in [0.717, 1.165) is 0 Å². The van der Waals surface area contributed by atoms with Gasteiger partial charge in [0.1, 0.15) is 0 Å².